The van der Waals surface area contributed by atoms with E-state index in [1.165, 1.54) is 12.1 Å². The first kappa shape index (κ1) is 14.7. The molecule has 3 atom stereocenters. The second-order valence-corrected chi connectivity index (χ2v) is 5.49. The van der Waals surface area contributed by atoms with Crippen LogP contribution in [0.1, 0.15) is 6.42 Å². The Bertz CT molecular complexity index is 430. The highest BCUT2D eigenvalue weighted by atomic mass is 79.9. The summed E-state index contributed by atoms with van der Waals surface area (Å²) in [7, 11) is 1.59. The maximum Gasteiger partial charge on any atom is 0.167 e. The van der Waals surface area contributed by atoms with Gasteiger partial charge in [0.25, 0.3) is 0 Å². The van der Waals surface area contributed by atoms with Crippen LogP contribution < -0.4 is 4.74 Å². The van der Waals surface area contributed by atoms with Crippen molar-refractivity contribution in [2.24, 2.45) is 0 Å². The first-order valence-corrected chi connectivity index (χ1v) is 6.89. The van der Waals surface area contributed by atoms with Crippen LogP contribution in [0.25, 0.3) is 0 Å². The highest BCUT2D eigenvalue weighted by Crippen LogP contribution is 2.34. The van der Waals surface area contributed by atoms with Gasteiger partial charge in [-0.2, -0.15) is 0 Å². The molecule has 0 aliphatic heterocycles. The number of hydrogen-bond acceptors (Lipinski definition) is 3. The highest BCUT2D eigenvalue weighted by Gasteiger charge is 2.42. The van der Waals surface area contributed by atoms with E-state index in [0.29, 0.717) is 19.6 Å². The lowest BCUT2D eigenvalue weighted by molar-refractivity contribution is -0.0874. The van der Waals surface area contributed by atoms with Crippen LogP contribution in [-0.2, 0) is 9.47 Å². The number of methoxy groups -OCH3 is 1. The van der Waals surface area contributed by atoms with Gasteiger partial charge in [-0.25, -0.2) is 8.78 Å². The third-order valence-corrected chi connectivity index (χ3v) is 3.85. The van der Waals surface area contributed by atoms with E-state index in [4.69, 9.17) is 14.2 Å². The minimum absolute atomic E-state index is 0.0474. The van der Waals surface area contributed by atoms with Crippen LogP contribution in [0.5, 0.6) is 5.75 Å². The monoisotopic (exact) mass is 336 g/mol. The SMILES string of the molecule is COCCOC1C(Br)CC1Oc1ccc(F)cc1F. The second kappa shape index (κ2) is 6.63. The fourth-order valence-electron chi connectivity index (χ4n) is 1.86. The summed E-state index contributed by atoms with van der Waals surface area (Å²) in [6.07, 6.45) is 0.329. The summed E-state index contributed by atoms with van der Waals surface area (Å²) in [4.78, 5) is 0.179. The lowest BCUT2D eigenvalue weighted by Gasteiger charge is -2.40. The molecular formula is C13H15BrF2O3. The van der Waals surface area contributed by atoms with Crippen molar-refractivity contribution in [1.82, 2.24) is 0 Å². The second-order valence-electron chi connectivity index (χ2n) is 4.31. The molecule has 19 heavy (non-hydrogen) atoms. The zero-order valence-electron chi connectivity index (χ0n) is 10.4. The van der Waals surface area contributed by atoms with Gasteiger partial charge < -0.3 is 14.2 Å². The van der Waals surface area contributed by atoms with Gasteiger partial charge >= 0.3 is 0 Å². The normalized spacial score (nSPS) is 26.0. The Labute approximate surface area is 119 Å². The predicted molar refractivity (Wildman–Crippen MR) is 69.7 cm³/mol. The number of ether oxygens (including phenoxy) is 3. The summed E-state index contributed by atoms with van der Waals surface area (Å²) >= 11 is 3.46. The van der Waals surface area contributed by atoms with E-state index in [9.17, 15) is 8.78 Å². The molecule has 6 heteroatoms. The Kier molecular flexibility index (Phi) is 5.13. The van der Waals surface area contributed by atoms with Crippen molar-refractivity contribution in [3.63, 3.8) is 0 Å². The van der Waals surface area contributed by atoms with E-state index < -0.39 is 11.6 Å². The molecule has 1 aromatic carbocycles. The summed E-state index contributed by atoms with van der Waals surface area (Å²) in [6.45, 7) is 0.947. The summed E-state index contributed by atoms with van der Waals surface area (Å²) < 4.78 is 42.2. The van der Waals surface area contributed by atoms with E-state index in [1.54, 1.807) is 7.11 Å². The Morgan fingerprint density at radius 2 is 2.11 bits per heavy atom. The minimum atomic E-state index is -0.700. The fourth-order valence-corrected chi connectivity index (χ4v) is 2.72. The maximum atomic E-state index is 13.5. The van der Waals surface area contributed by atoms with Crippen LogP contribution in [0.4, 0.5) is 8.78 Å². The van der Waals surface area contributed by atoms with Gasteiger partial charge in [0, 0.05) is 24.4 Å². The Morgan fingerprint density at radius 1 is 1.32 bits per heavy atom. The molecule has 1 saturated carbocycles. The van der Waals surface area contributed by atoms with Crippen LogP contribution in [0, 0.1) is 11.6 Å². The number of halogens is 3. The lowest BCUT2D eigenvalue weighted by atomic mass is 9.91. The molecule has 0 bridgehead atoms. The van der Waals surface area contributed by atoms with E-state index in [-0.39, 0.29) is 22.8 Å². The molecule has 1 aromatic rings. The van der Waals surface area contributed by atoms with Gasteiger partial charge in [-0.3, -0.25) is 0 Å². The van der Waals surface area contributed by atoms with Gasteiger partial charge in [-0.1, -0.05) is 15.9 Å². The minimum Gasteiger partial charge on any atom is -0.485 e. The van der Waals surface area contributed by atoms with E-state index in [2.05, 4.69) is 15.9 Å². The van der Waals surface area contributed by atoms with Gasteiger partial charge in [0.15, 0.2) is 11.6 Å². The van der Waals surface area contributed by atoms with Gasteiger partial charge in [0.2, 0.25) is 0 Å². The lowest BCUT2D eigenvalue weighted by Crippen LogP contribution is -2.52. The van der Waals surface area contributed by atoms with Crippen molar-refractivity contribution < 1.29 is 23.0 Å². The molecule has 1 fully saturated rings. The van der Waals surface area contributed by atoms with Gasteiger partial charge in [-0.15, -0.1) is 0 Å². The van der Waals surface area contributed by atoms with Crippen molar-refractivity contribution >= 4 is 15.9 Å². The first-order valence-electron chi connectivity index (χ1n) is 5.98. The zero-order valence-corrected chi connectivity index (χ0v) is 12.0. The summed E-state index contributed by atoms with van der Waals surface area (Å²) in [5.74, 6) is -1.27. The Morgan fingerprint density at radius 3 is 2.74 bits per heavy atom. The molecule has 2 rings (SSSR count). The van der Waals surface area contributed by atoms with Gasteiger partial charge in [0.1, 0.15) is 18.0 Å². The van der Waals surface area contributed by atoms with Crippen LogP contribution in [0.2, 0.25) is 0 Å². The molecule has 0 heterocycles. The first-order chi connectivity index (χ1) is 9.11. The number of benzene rings is 1. The molecule has 3 unspecified atom stereocenters. The average Bonchev–Trinajstić information content (AvgIpc) is 2.37. The van der Waals surface area contributed by atoms with E-state index >= 15 is 0 Å². The zero-order chi connectivity index (χ0) is 13.8. The third kappa shape index (κ3) is 3.64. The van der Waals surface area contributed by atoms with Crippen LogP contribution in [-0.4, -0.2) is 37.4 Å². The molecule has 0 aromatic heterocycles. The largest absolute Gasteiger partial charge is 0.485 e. The summed E-state index contributed by atoms with van der Waals surface area (Å²) in [5, 5.41) is 0. The van der Waals surface area contributed by atoms with Gasteiger partial charge in [-0.05, 0) is 12.1 Å². The molecule has 0 radical (unpaired) electrons. The molecule has 3 nitrogen and oxygen atoms in total. The van der Waals surface area contributed by atoms with Crippen molar-refractivity contribution in [3.8, 4) is 5.75 Å². The van der Waals surface area contributed by atoms with Crippen molar-refractivity contribution in [3.05, 3.63) is 29.8 Å². The van der Waals surface area contributed by atoms with Gasteiger partial charge in [0.05, 0.1) is 13.2 Å². The molecule has 0 amide bonds. The molecule has 1 aliphatic carbocycles. The predicted octanol–water partition coefficient (Wildman–Crippen LogP) is 2.91. The quantitative estimate of drug-likeness (QED) is 0.590. The average molecular weight is 337 g/mol. The molecule has 0 saturated heterocycles. The summed E-state index contributed by atoms with van der Waals surface area (Å²) in [6, 6.07) is 3.27. The molecular weight excluding hydrogens is 322 g/mol. The van der Waals surface area contributed by atoms with Crippen LogP contribution in [0.3, 0.4) is 0 Å². The van der Waals surface area contributed by atoms with E-state index in [0.717, 1.165) is 6.07 Å². The Hall–Kier alpha value is -0.720. The Balaban J connectivity index is 1.91. The molecule has 0 spiro atoms. The fraction of sp³-hybridized carbons (Fsp3) is 0.538. The summed E-state index contributed by atoms with van der Waals surface area (Å²) in [5.41, 5.74) is 0. The van der Waals surface area contributed by atoms with Crippen LogP contribution >= 0.6 is 15.9 Å². The number of alkyl halides is 1. The maximum absolute atomic E-state index is 13.5. The van der Waals surface area contributed by atoms with E-state index in [1.807, 2.05) is 0 Å². The smallest absolute Gasteiger partial charge is 0.167 e. The highest BCUT2D eigenvalue weighted by molar-refractivity contribution is 9.09. The molecule has 106 valence electrons. The van der Waals surface area contributed by atoms with Crippen molar-refractivity contribution in [2.45, 2.75) is 23.5 Å². The topological polar surface area (TPSA) is 27.7 Å². The van der Waals surface area contributed by atoms with Crippen molar-refractivity contribution in [2.75, 3.05) is 20.3 Å². The molecule has 1 aliphatic rings. The number of rotatable bonds is 6. The third-order valence-electron chi connectivity index (χ3n) is 2.95. The van der Waals surface area contributed by atoms with Crippen molar-refractivity contribution in [1.29, 1.82) is 0 Å². The standard InChI is InChI=1S/C13H15BrF2O3/c1-17-4-5-18-13-9(14)7-12(13)19-11-3-2-8(15)6-10(11)16/h2-3,6,9,12-13H,4-5,7H2,1H3. The van der Waals surface area contributed by atoms with Crippen LogP contribution in [0.15, 0.2) is 18.2 Å². The molecule has 0 N–H and O–H groups in total. The number of hydrogen-bond donors (Lipinski definition) is 0.